The van der Waals surface area contributed by atoms with Crippen LogP contribution in [-0.4, -0.2) is 44.5 Å². The molecule has 21 heavy (non-hydrogen) atoms. The van der Waals surface area contributed by atoms with Crippen molar-refractivity contribution in [3.05, 3.63) is 29.8 Å². The number of rotatable bonds is 7. The average molecular weight is 293 g/mol. The zero-order valence-electron chi connectivity index (χ0n) is 12.1. The van der Waals surface area contributed by atoms with Crippen LogP contribution >= 0.6 is 0 Å². The van der Waals surface area contributed by atoms with Gasteiger partial charge in [-0.2, -0.15) is 0 Å². The number of ether oxygens (including phenoxy) is 1. The number of carbonyl (C=O) groups excluding carboxylic acids is 3. The summed E-state index contributed by atoms with van der Waals surface area (Å²) in [6.07, 6.45) is 0. The molecule has 0 aliphatic rings. The number of ketones is 1. The third kappa shape index (κ3) is 6.53. The van der Waals surface area contributed by atoms with E-state index in [2.05, 4.69) is 16.0 Å². The van der Waals surface area contributed by atoms with Crippen LogP contribution in [0.3, 0.4) is 0 Å². The van der Waals surface area contributed by atoms with Crippen LogP contribution in [-0.2, 0) is 9.53 Å². The molecule has 0 heterocycles. The number of benzene rings is 1. The maximum atomic E-state index is 11.6. The van der Waals surface area contributed by atoms with Crippen molar-refractivity contribution in [2.45, 2.75) is 6.92 Å². The van der Waals surface area contributed by atoms with Gasteiger partial charge in [0.25, 0.3) is 0 Å². The Balaban J connectivity index is 2.33. The molecule has 1 aromatic carbocycles. The van der Waals surface area contributed by atoms with Gasteiger partial charge in [-0.1, -0.05) is 0 Å². The molecule has 1 rings (SSSR count). The summed E-state index contributed by atoms with van der Waals surface area (Å²) < 4.78 is 4.78. The topological polar surface area (TPSA) is 96.5 Å². The fraction of sp³-hybridized carbons (Fsp3) is 0.357. The fourth-order valence-electron chi connectivity index (χ4n) is 1.48. The average Bonchev–Trinajstić information content (AvgIpc) is 2.46. The predicted molar refractivity (Wildman–Crippen MR) is 78.4 cm³/mol. The Morgan fingerprint density at radius 1 is 1.10 bits per heavy atom. The van der Waals surface area contributed by atoms with Gasteiger partial charge in [0.2, 0.25) is 5.91 Å². The minimum Gasteiger partial charge on any atom is -0.383 e. The van der Waals surface area contributed by atoms with E-state index >= 15 is 0 Å². The molecule has 3 N–H and O–H groups in total. The zero-order valence-corrected chi connectivity index (χ0v) is 12.1. The van der Waals surface area contributed by atoms with Crippen LogP contribution in [0.5, 0.6) is 0 Å². The summed E-state index contributed by atoms with van der Waals surface area (Å²) in [6, 6.07) is 5.99. The van der Waals surface area contributed by atoms with Gasteiger partial charge in [0.15, 0.2) is 5.78 Å². The van der Waals surface area contributed by atoms with Gasteiger partial charge < -0.3 is 20.7 Å². The van der Waals surface area contributed by atoms with Gasteiger partial charge in [-0.3, -0.25) is 9.59 Å². The van der Waals surface area contributed by atoms with Crippen molar-refractivity contribution in [2.24, 2.45) is 0 Å². The lowest BCUT2D eigenvalue weighted by atomic mass is 10.1. The summed E-state index contributed by atoms with van der Waals surface area (Å²) in [4.78, 5) is 34.0. The first kappa shape index (κ1) is 16.6. The number of amides is 3. The standard InChI is InChI=1S/C14H19N3O4/c1-10(18)11-3-5-12(6-4-11)17-14(20)16-9-13(19)15-7-8-21-2/h3-6H,7-9H2,1-2H3,(H,15,19)(H2,16,17,20). The summed E-state index contributed by atoms with van der Waals surface area (Å²) in [5.74, 6) is -0.340. The van der Waals surface area contributed by atoms with Gasteiger partial charge in [0.1, 0.15) is 0 Å². The number of hydrogen-bond donors (Lipinski definition) is 3. The largest absolute Gasteiger partial charge is 0.383 e. The monoisotopic (exact) mass is 293 g/mol. The third-order valence-corrected chi connectivity index (χ3v) is 2.59. The second kappa shape index (κ2) is 8.70. The molecule has 0 unspecified atom stereocenters. The second-order valence-corrected chi connectivity index (χ2v) is 4.28. The molecule has 0 saturated heterocycles. The number of nitrogens with one attached hydrogen (secondary N) is 3. The van der Waals surface area contributed by atoms with Gasteiger partial charge in [-0.25, -0.2) is 4.79 Å². The zero-order chi connectivity index (χ0) is 15.7. The molecule has 0 saturated carbocycles. The quantitative estimate of drug-likeness (QED) is 0.511. The molecular formula is C14H19N3O4. The predicted octanol–water partition coefficient (Wildman–Crippen LogP) is 0.773. The van der Waals surface area contributed by atoms with Crippen molar-refractivity contribution < 1.29 is 19.1 Å². The highest BCUT2D eigenvalue weighted by molar-refractivity contribution is 5.95. The normalized spacial score (nSPS) is 9.81. The number of carbonyl (C=O) groups is 3. The molecule has 0 bridgehead atoms. The van der Waals surface area contributed by atoms with Gasteiger partial charge in [0, 0.05) is 24.9 Å². The SMILES string of the molecule is COCCNC(=O)CNC(=O)Nc1ccc(C(C)=O)cc1. The molecule has 1 aromatic rings. The Kier molecular flexibility index (Phi) is 6.90. The van der Waals surface area contributed by atoms with E-state index in [1.807, 2.05) is 0 Å². The number of anilines is 1. The Bertz CT molecular complexity index is 499. The maximum absolute atomic E-state index is 11.6. The molecule has 7 heteroatoms. The van der Waals surface area contributed by atoms with Crippen LogP contribution in [0.2, 0.25) is 0 Å². The van der Waals surface area contributed by atoms with Gasteiger partial charge in [0.05, 0.1) is 13.2 Å². The van der Waals surface area contributed by atoms with Crippen LogP contribution in [0.25, 0.3) is 0 Å². The van der Waals surface area contributed by atoms with Crippen molar-refractivity contribution in [1.29, 1.82) is 0 Å². The maximum Gasteiger partial charge on any atom is 0.319 e. The Hall–Kier alpha value is -2.41. The van der Waals surface area contributed by atoms with Gasteiger partial charge >= 0.3 is 6.03 Å². The van der Waals surface area contributed by atoms with Crippen molar-refractivity contribution in [3.8, 4) is 0 Å². The molecule has 0 spiro atoms. The number of Topliss-reactive ketones (excluding diaryl/α,β-unsaturated/α-hetero) is 1. The summed E-state index contributed by atoms with van der Waals surface area (Å²) >= 11 is 0. The molecular weight excluding hydrogens is 274 g/mol. The number of methoxy groups -OCH3 is 1. The van der Waals surface area contributed by atoms with E-state index in [9.17, 15) is 14.4 Å². The minimum atomic E-state index is -0.493. The summed E-state index contributed by atoms with van der Waals surface area (Å²) in [6.45, 7) is 2.16. The number of hydrogen-bond acceptors (Lipinski definition) is 4. The first-order valence-electron chi connectivity index (χ1n) is 6.44. The van der Waals surface area contributed by atoms with E-state index in [1.54, 1.807) is 24.3 Å². The molecule has 7 nitrogen and oxygen atoms in total. The second-order valence-electron chi connectivity index (χ2n) is 4.28. The molecule has 114 valence electrons. The first-order valence-corrected chi connectivity index (χ1v) is 6.44. The smallest absolute Gasteiger partial charge is 0.319 e. The van der Waals surface area contributed by atoms with E-state index in [0.29, 0.717) is 24.4 Å². The molecule has 0 aliphatic carbocycles. The lowest BCUT2D eigenvalue weighted by molar-refractivity contribution is -0.120. The van der Waals surface area contributed by atoms with E-state index in [1.165, 1.54) is 14.0 Å². The molecule has 0 aromatic heterocycles. The van der Waals surface area contributed by atoms with Gasteiger partial charge in [-0.15, -0.1) is 0 Å². The highest BCUT2D eigenvalue weighted by atomic mass is 16.5. The van der Waals surface area contributed by atoms with E-state index in [4.69, 9.17) is 4.74 Å². The summed E-state index contributed by atoms with van der Waals surface area (Å²) in [7, 11) is 1.54. The molecule has 3 amide bonds. The van der Waals surface area contributed by atoms with E-state index < -0.39 is 6.03 Å². The minimum absolute atomic E-state index is 0.0428. The van der Waals surface area contributed by atoms with E-state index in [-0.39, 0.29) is 18.2 Å². The molecule has 0 fully saturated rings. The summed E-state index contributed by atoms with van der Waals surface area (Å²) in [5.41, 5.74) is 1.11. The van der Waals surface area contributed by atoms with Crippen LogP contribution in [0, 0.1) is 0 Å². The lowest BCUT2D eigenvalue weighted by Crippen LogP contribution is -2.39. The van der Waals surface area contributed by atoms with Gasteiger partial charge in [-0.05, 0) is 31.2 Å². The molecule has 0 aliphatic heterocycles. The van der Waals surface area contributed by atoms with Crippen molar-refractivity contribution >= 4 is 23.4 Å². The Morgan fingerprint density at radius 2 is 1.76 bits per heavy atom. The van der Waals surface area contributed by atoms with Crippen LogP contribution < -0.4 is 16.0 Å². The van der Waals surface area contributed by atoms with Crippen molar-refractivity contribution in [1.82, 2.24) is 10.6 Å². The molecule has 0 radical (unpaired) electrons. The van der Waals surface area contributed by atoms with Crippen LogP contribution in [0.4, 0.5) is 10.5 Å². The molecule has 0 atom stereocenters. The van der Waals surface area contributed by atoms with Crippen LogP contribution in [0.15, 0.2) is 24.3 Å². The Morgan fingerprint density at radius 3 is 2.33 bits per heavy atom. The Labute approximate surface area is 123 Å². The number of urea groups is 1. The van der Waals surface area contributed by atoms with E-state index in [0.717, 1.165) is 0 Å². The lowest BCUT2D eigenvalue weighted by Gasteiger charge is -2.08. The highest BCUT2D eigenvalue weighted by Gasteiger charge is 2.05. The van der Waals surface area contributed by atoms with Crippen molar-refractivity contribution in [2.75, 3.05) is 32.1 Å². The third-order valence-electron chi connectivity index (χ3n) is 2.59. The van der Waals surface area contributed by atoms with Crippen LogP contribution in [0.1, 0.15) is 17.3 Å². The van der Waals surface area contributed by atoms with Crippen molar-refractivity contribution in [3.63, 3.8) is 0 Å². The summed E-state index contributed by atoms with van der Waals surface area (Å²) in [5, 5.41) is 7.57. The highest BCUT2D eigenvalue weighted by Crippen LogP contribution is 2.09. The first-order chi connectivity index (χ1) is 10.0. The fourth-order valence-corrected chi connectivity index (χ4v) is 1.48.